The van der Waals surface area contributed by atoms with E-state index in [9.17, 15) is 9.18 Å². The number of amides is 1. The molecule has 5 heteroatoms. The first-order chi connectivity index (χ1) is 10.7. The molecule has 0 bridgehead atoms. The Morgan fingerprint density at radius 1 is 1.36 bits per heavy atom. The average molecular weight is 308 g/mol. The Kier molecular flexibility index (Phi) is 6.65. The molecule has 1 saturated heterocycles. The van der Waals surface area contributed by atoms with Gasteiger partial charge in [-0.15, -0.1) is 0 Å². The smallest absolute Gasteiger partial charge is 0.220 e. The zero-order valence-electron chi connectivity index (χ0n) is 13.2. The van der Waals surface area contributed by atoms with Gasteiger partial charge in [0, 0.05) is 12.5 Å². The monoisotopic (exact) mass is 308 g/mol. The van der Waals surface area contributed by atoms with Crippen LogP contribution in [0.2, 0.25) is 0 Å². The van der Waals surface area contributed by atoms with Crippen LogP contribution in [0.15, 0.2) is 24.3 Å². The van der Waals surface area contributed by atoms with E-state index in [0.717, 1.165) is 19.5 Å². The van der Waals surface area contributed by atoms with Crippen LogP contribution in [0.4, 0.5) is 4.39 Å². The zero-order valence-corrected chi connectivity index (χ0v) is 13.2. The summed E-state index contributed by atoms with van der Waals surface area (Å²) >= 11 is 0. The third-order valence-corrected chi connectivity index (χ3v) is 4.07. The van der Waals surface area contributed by atoms with Crippen molar-refractivity contribution in [2.75, 3.05) is 26.2 Å². The van der Waals surface area contributed by atoms with Gasteiger partial charge in [-0.2, -0.15) is 0 Å². The molecule has 122 valence electrons. The van der Waals surface area contributed by atoms with Gasteiger partial charge in [-0.25, -0.2) is 4.39 Å². The summed E-state index contributed by atoms with van der Waals surface area (Å²) in [6.45, 7) is 5.15. The number of rotatable bonds is 8. The predicted octanol–water partition coefficient (Wildman–Crippen LogP) is 2.59. The third-order valence-electron chi connectivity index (χ3n) is 4.07. The average Bonchev–Trinajstić information content (AvgIpc) is 3.05. The molecule has 1 amide bonds. The number of likely N-dealkylation sites (tertiary alicyclic amines) is 1. The minimum atomic E-state index is -0.381. The second kappa shape index (κ2) is 8.73. The number of benzene rings is 1. The van der Waals surface area contributed by atoms with Gasteiger partial charge in [-0.05, 0) is 51.4 Å². The number of carbonyl (C=O) groups excluding carboxylic acids is 1. The summed E-state index contributed by atoms with van der Waals surface area (Å²) in [7, 11) is 0. The molecule has 0 aromatic heterocycles. The van der Waals surface area contributed by atoms with E-state index < -0.39 is 0 Å². The van der Waals surface area contributed by atoms with Crippen molar-refractivity contribution < 1.29 is 13.9 Å². The normalized spacial score (nSPS) is 16.5. The largest absolute Gasteiger partial charge is 0.489 e. The van der Waals surface area contributed by atoms with Gasteiger partial charge in [0.1, 0.15) is 6.61 Å². The van der Waals surface area contributed by atoms with Crippen molar-refractivity contribution in [3.05, 3.63) is 30.1 Å². The van der Waals surface area contributed by atoms with Gasteiger partial charge in [0.15, 0.2) is 11.6 Å². The van der Waals surface area contributed by atoms with E-state index in [0.29, 0.717) is 19.0 Å². The molecule has 0 radical (unpaired) electrons. The predicted molar refractivity (Wildman–Crippen MR) is 84.4 cm³/mol. The van der Waals surface area contributed by atoms with E-state index in [1.54, 1.807) is 18.2 Å². The molecule has 1 atom stereocenters. The lowest BCUT2D eigenvalue weighted by molar-refractivity contribution is -0.121. The molecule has 2 rings (SSSR count). The van der Waals surface area contributed by atoms with Crippen LogP contribution in [-0.4, -0.2) is 43.1 Å². The van der Waals surface area contributed by atoms with Crippen molar-refractivity contribution in [3.8, 4) is 5.75 Å². The summed E-state index contributed by atoms with van der Waals surface area (Å²) in [4.78, 5) is 14.2. The highest BCUT2D eigenvalue weighted by Gasteiger charge is 2.18. The first kappa shape index (κ1) is 16.7. The Bertz CT molecular complexity index is 475. The standard InChI is InChI=1S/C17H25FN2O2/c1-14(20-11-4-5-12-20)8-9-17(21)19-10-13-22-16-7-3-2-6-15(16)18/h2-3,6-7,14H,4-5,8-13H2,1H3,(H,19,21). The number of halogens is 1. The fourth-order valence-electron chi connectivity index (χ4n) is 2.71. The molecule has 1 unspecified atom stereocenters. The maximum atomic E-state index is 13.3. The van der Waals surface area contributed by atoms with Gasteiger partial charge in [0.25, 0.3) is 0 Å². The molecule has 1 aliphatic rings. The van der Waals surface area contributed by atoms with Crippen LogP contribution >= 0.6 is 0 Å². The maximum absolute atomic E-state index is 13.3. The first-order valence-corrected chi connectivity index (χ1v) is 8.05. The van der Waals surface area contributed by atoms with Crippen LogP contribution in [0.1, 0.15) is 32.6 Å². The highest BCUT2D eigenvalue weighted by Crippen LogP contribution is 2.15. The van der Waals surface area contributed by atoms with Crippen molar-refractivity contribution in [2.45, 2.75) is 38.6 Å². The molecule has 1 heterocycles. The first-order valence-electron chi connectivity index (χ1n) is 8.05. The number of hydrogen-bond acceptors (Lipinski definition) is 3. The zero-order chi connectivity index (χ0) is 15.8. The molecule has 1 aliphatic heterocycles. The topological polar surface area (TPSA) is 41.6 Å². The Labute approximate surface area is 131 Å². The lowest BCUT2D eigenvalue weighted by atomic mass is 10.1. The van der Waals surface area contributed by atoms with Gasteiger partial charge in [0.2, 0.25) is 5.91 Å². The molecule has 1 aromatic carbocycles. The van der Waals surface area contributed by atoms with Gasteiger partial charge in [-0.1, -0.05) is 12.1 Å². The summed E-state index contributed by atoms with van der Waals surface area (Å²) in [5.41, 5.74) is 0. The van der Waals surface area contributed by atoms with Crippen molar-refractivity contribution in [1.82, 2.24) is 10.2 Å². The van der Waals surface area contributed by atoms with E-state index in [-0.39, 0.29) is 24.1 Å². The van der Waals surface area contributed by atoms with Crippen LogP contribution in [0, 0.1) is 5.82 Å². The molecule has 0 aliphatic carbocycles. The highest BCUT2D eigenvalue weighted by molar-refractivity contribution is 5.75. The molecule has 4 nitrogen and oxygen atoms in total. The molecular formula is C17H25FN2O2. The molecular weight excluding hydrogens is 283 g/mol. The van der Waals surface area contributed by atoms with Crippen LogP contribution in [0.5, 0.6) is 5.75 Å². The molecule has 22 heavy (non-hydrogen) atoms. The second-order valence-electron chi connectivity index (χ2n) is 5.76. The molecule has 0 saturated carbocycles. The maximum Gasteiger partial charge on any atom is 0.220 e. The summed E-state index contributed by atoms with van der Waals surface area (Å²) in [6.07, 6.45) is 3.94. The second-order valence-corrected chi connectivity index (χ2v) is 5.76. The molecule has 0 spiro atoms. The summed E-state index contributed by atoms with van der Waals surface area (Å²) < 4.78 is 18.6. The number of ether oxygens (including phenoxy) is 1. The van der Waals surface area contributed by atoms with E-state index in [2.05, 4.69) is 17.1 Å². The lowest BCUT2D eigenvalue weighted by Crippen LogP contribution is -2.33. The Balaban J connectivity index is 1.57. The van der Waals surface area contributed by atoms with Crippen LogP contribution < -0.4 is 10.1 Å². The summed E-state index contributed by atoms with van der Waals surface area (Å²) in [5, 5.41) is 2.81. The van der Waals surface area contributed by atoms with E-state index in [4.69, 9.17) is 4.74 Å². The number of para-hydroxylation sites is 1. The molecule has 1 fully saturated rings. The van der Waals surface area contributed by atoms with Gasteiger partial charge in [-0.3, -0.25) is 4.79 Å². The fourth-order valence-corrected chi connectivity index (χ4v) is 2.71. The number of nitrogens with one attached hydrogen (secondary N) is 1. The van der Waals surface area contributed by atoms with Crippen LogP contribution in [0.3, 0.4) is 0 Å². The third kappa shape index (κ3) is 5.30. The number of hydrogen-bond donors (Lipinski definition) is 1. The summed E-state index contributed by atoms with van der Waals surface area (Å²) in [5.74, 6) is -0.129. The quantitative estimate of drug-likeness (QED) is 0.751. The minimum absolute atomic E-state index is 0.0307. The van der Waals surface area contributed by atoms with Crippen molar-refractivity contribution in [3.63, 3.8) is 0 Å². The van der Waals surface area contributed by atoms with Gasteiger partial charge < -0.3 is 15.0 Å². The van der Waals surface area contributed by atoms with Crippen molar-refractivity contribution in [2.24, 2.45) is 0 Å². The Morgan fingerprint density at radius 3 is 2.82 bits per heavy atom. The van der Waals surface area contributed by atoms with Gasteiger partial charge >= 0.3 is 0 Å². The Morgan fingerprint density at radius 2 is 2.09 bits per heavy atom. The van der Waals surface area contributed by atoms with Gasteiger partial charge in [0.05, 0.1) is 6.54 Å². The van der Waals surface area contributed by atoms with E-state index in [1.165, 1.54) is 18.9 Å². The SMILES string of the molecule is CC(CCC(=O)NCCOc1ccccc1F)N1CCCC1. The van der Waals surface area contributed by atoms with Crippen LogP contribution in [0.25, 0.3) is 0 Å². The highest BCUT2D eigenvalue weighted by atomic mass is 19.1. The molecule has 1 aromatic rings. The number of nitrogens with zero attached hydrogens (tertiary/aromatic N) is 1. The van der Waals surface area contributed by atoms with E-state index in [1.807, 2.05) is 0 Å². The van der Waals surface area contributed by atoms with E-state index >= 15 is 0 Å². The van der Waals surface area contributed by atoms with Crippen molar-refractivity contribution >= 4 is 5.91 Å². The Hall–Kier alpha value is -1.62. The van der Waals surface area contributed by atoms with Crippen molar-refractivity contribution in [1.29, 1.82) is 0 Å². The number of carbonyl (C=O) groups is 1. The minimum Gasteiger partial charge on any atom is -0.489 e. The molecule has 1 N–H and O–H groups in total. The fraction of sp³-hybridized carbons (Fsp3) is 0.588. The summed E-state index contributed by atoms with van der Waals surface area (Å²) in [6, 6.07) is 6.73. The van der Waals surface area contributed by atoms with Crippen LogP contribution in [-0.2, 0) is 4.79 Å². The lowest BCUT2D eigenvalue weighted by Gasteiger charge is -2.23.